The van der Waals surface area contributed by atoms with Crippen LogP contribution in [-0.4, -0.2) is 16.5 Å². The quantitative estimate of drug-likeness (QED) is 0.709. The van der Waals surface area contributed by atoms with Crippen molar-refractivity contribution < 1.29 is 0 Å². The van der Waals surface area contributed by atoms with Crippen LogP contribution in [0.5, 0.6) is 0 Å². The number of nitrogens with zero attached hydrogens (tertiary/aromatic N) is 2. The van der Waals surface area contributed by atoms with Gasteiger partial charge >= 0.3 is 0 Å². The van der Waals surface area contributed by atoms with Crippen molar-refractivity contribution in [3.05, 3.63) is 40.5 Å². The zero-order valence-corrected chi connectivity index (χ0v) is 12.8. The normalized spacial score (nSPS) is 10.9. The third-order valence-corrected chi connectivity index (χ3v) is 4.28. The van der Waals surface area contributed by atoms with Gasteiger partial charge in [0.1, 0.15) is 10.6 Å². The number of rotatable bonds is 3. The number of nitrogens with one attached hydrogen (secondary N) is 1. The number of hydrogen-bond donors (Lipinski definition) is 1. The predicted molar refractivity (Wildman–Crippen MR) is 86.8 cm³/mol. The molecule has 0 amide bonds. The topological polar surface area (TPSA) is 37.8 Å². The van der Waals surface area contributed by atoms with Crippen LogP contribution in [0.25, 0.3) is 21.3 Å². The third-order valence-electron chi connectivity index (χ3n) is 3.11. The highest BCUT2D eigenvalue weighted by Crippen LogP contribution is 2.40. The molecular weight excluding hydrogens is 290 g/mol. The molecule has 20 heavy (non-hydrogen) atoms. The molecular formula is C15H14ClN3S. The smallest absolute Gasteiger partial charge is 0.225 e. The monoisotopic (exact) mass is 303 g/mol. The first-order chi connectivity index (χ1) is 9.70. The Labute approximate surface area is 126 Å². The minimum atomic E-state index is 0.286. The highest BCUT2D eigenvalue weighted by molar-refractivity contribution is 7.19. The number of hydrogen-bond acceptors (Lipinski definition) is 4. The van der Waals surface area contributed by atoms with E-state index >= 15 is 0 Å². The van der Waals surface area contributed by atoms with Crippen molar-refractivity contribution in [2.45, 2.75) is 13.8 Å². The molecule has 0 saturated heterocycles. The van der Waals surface area contributed by atoms with Gasteiger partial charge in [-0.1, -0.05) is 30.3 Å². The Kier molecular flexibility index (Phi) is 3.59. The molecule has 5 heteroatoms. The Bertz CT molecular complexity index is 753. The van der Waals surface area contributed by atoms with Gasteiger partial charge in [-0.2, -0.15) is 0 Å². The summed E-state index contributed by atoms with van der Waals surface area (Å²) in [4.78, 5) is 10.9. The van der Waals surface area contributed by atoms with E-state index in [0.717, 1.165) is 22.6 Å². The van der Waals surface area contributed by atoms with Gasteiger partial charge in [0.05, 0.1) is 5.39 Å². The molecule has 1 aromatic carbocycles. The van der Waals surface area contributed by atoms with E-state index in [-0.39, 0.29) is 5.28 Å². The van der Waals surface area contributed by atoms with Crippen LogP contribution in [0.2, 0.25) is 5.28 Å². The number of aryl methyl sites for hydroxylation is 1. The van der Waals surface area contributed by atoms with Gasteiger partial charge in [-0.25, -0.2) is 9.97 Å². The van der Waals surface area contributed by atoms with Crippen molar-refractivity contribution in [3.8, 4) is 11.1 Å². The number of halogens is 1. The third kappa shape index (κ3) is 2.25. The van der Waals surface area contributed by atoms with Crippen molar-refractivity contribution >= 4 is 39.0 Å². The molecule has 102 valence electrons. The van der Waals surface area contributed by atoms with Gasteiger partial charge in [0.25, 0.3) is 0 Å². The fraction of sp³-hybridized carbons (Fsp3) is 0.200. The Morgan fingerprint density at radius 3 is 2.65 bits per heavy atom. The first-order valence-electron chi connectivity index (χ1n) is 6.46. The van der Waals surface area contributed by atoms with E-state index in [1.807, 2.05) is 25.1 Å². The van der Waals surface area contributed by atoms with Gasteiger partial charge in [0, 0.05) is 17.0 Å². The number of fused-ring (bicyclic) bond motifs is 1. The highest BCUT2D eigenvalue weighted by Gasteiger charge is 2.17. The van der Waals surface area contributed by atoms with E-state index in [1.165, 1.54) is 16.0 Å². The highest BCUT2D eigenvalue weighted by atomic mass is 35.5. The standard InChI is InChI=1S/C15H14ClN3S/c1-3-17-13-12-11(10-7-5-4-6-8-10)9(2)20-14(12)19-15(16)18-13/h4-8H,3H2,1-2H3,(H,17,18,19). The zero-order valence-electron chi connectivity index (χ0n) is 11.3. The summed E-state index contributed by atoms with van der Waals surface area (Å²) in [6.45, 7) is 4.95. The van der Waals surface area contributed by atoms with E-state index in [9.17, 15) is 0 Å². The van der Waals surface area contributed by atoms with Crippen LogP contribution < -0.4 is 5.32 Å². The average molecular weight is 304 g/mol. The molecule has 0 aliphatic heterocycles. The summed E-state index contributed by atoms with van der Waals surface area (Å²) < 4.78 is 0. The molecule has 3 aromatic rings. The maximum absolute atomic E-state index is 6.01. The van der Waals surface area contributed by atoms with Crippen LogP contribution in [0.1, 0.15) is 11.8 Å². The minimum Gasteiger partial charge on any atom is -0.370 e. The summed E-state index contributed by atoms with van der Waals surface area (Å²) in [7, 11) is 0. The summed E-state index contributed by atoms with van der Waals surface area (Å²) in [5.41, 5.74) is 2.37. The molecule has 0 spiro atoms. The lowest BCUT2D eigenvalue weighted by Gasteiger charge is -2.07. The number of thiophene rings is 1. The summed E-state index contributed by atoms with van der Waals surface area (Å²) in [5, 5.41) is 4.63. The maximum Gasteiger partial charge on any atom is 0.225 e. The second-order valence-corrected chi connectivity index (χ2v) is 5.99. The Balaban J connectivity index is 2.34. The largest absolute Gasteiger partial charge is 0.370 e. The van der Waals surface area contributed by atoms with Gasteiger partial charge in [-0.05, 0) is 31.0 Å². The summed E-state index contributed by atoms with van der Waals surface area (Å²) >= 11 is 7.66. The van der Waals surface area contributed by atoms with E-state index < -0.39 is 0 Å². The predicted octanol–water partition coefficient (Wildman–Crippen LogP) is 4.75. The van der Waals surface area contributed by atoms with Crippen molar-refractivity contribution in [1.29, 1.82) is 0 Å². The molecule has 2 aromatic heterocycles. The summed E-state index contributed by atoms with van der Waals surface area (Å²) in [6.07, 6.45) is 0. The molecule has 3 nitrogen and oxygen atoms in total. The molecule has 1 N–H and O–H groups in total. The lowest BCUT2D eigenvalue weighted by atomic mass is 10.0. The van der Waals surface area contributed by atoms with E-state index in [0.29, 0.717) is 0 Å². The number of aromatic nitrogens is 2. The molecule has 0 aliphatic rings. The lowest BCUT2D eigenvalue weighted by Crippen LogP contribution is -2.01. The van der Waals surface area contributed by atoms with Crippen molar-refractivity contribution in [2.24, 2.45) is 0 Å². The fourth-order valence-electron chi connectivity index (χ4n) is 2.33. The van der Waals surface area contributed by atoms with E-state index in [4.69, 9.17) is 11.6 Å². The van der Waals surface area contributed by atoms with Crippen LogP contribution >= 0.6 is 22.9 Å². The van der Waals surface area contributed by atoms with Gasteiger partial charge < -0.3 is 5.32 Å². The maximum atomic E-state index is 6.01. The molecule has 0 unspecified atom stereocenters. The van der Waals surface area contributed by atoms with Crippen molar-refractivity contribution in [2.75, 3.05) is 11.9 Å². The molecule has 0 bridgehead atoms. The van der Waals surface area contributed by atoms with Gasteiger partial charge in [-0.15, -0.1) is 11.3 Å². The molecule has 0 radical (unpaired) electrons. The van der Waals surface area contributed by atoms with Gasteiger partial charge in [0.2, 0.25) is 5.28 Å². The minimum absolute atomic E-state index is 0.286. The van der Waals surface area contributed by atoms with Crippen LogP contribution in [0.3, 0.4) is 0 Å². The molecule has 0 fully saturated rings. The van der Waals surface area contributed by atoms with Crippen LogP contribution in [0.15, 0.2) is 30.3 Å². The average Bonchev–Trinajstić information content (AvgIpc) is 2.76. The van der Waals surface area contributed by atoms with Crippen LogP contribution in [0.4, 0.5) is 5.82 Å². The summed E-state index contributed by atoms with van der Waals surface area (Å²) in [6, 6.07) is 10.3. The Hall–Kier alpha value is -1.65. The van der Waals surface area contributed by atoms with Crippen LogP contribution in [0, 0.1) is 6.92 Å². The number of anilines is 1. The molecule has 0 aliphatic carbocycles. The van der Waals surface area contributed by atoms with Crippen molar-refractivity contribution in [1.82, 2.24) is 9.97 Å². The van der Waals surface area contributed by atoms with Crippen molar-refractivity contribution in [3.63, 3.8) is 0 Å². The molecule has 0 atom stereocenters. The van der Waals surface area contributed by atoms with Crippen LogP contribution in [-0.2, 0) is 0 Å². The molecule has 2 heterocycles. The first-order valence-corrected chi connectivity index (χ1v) is 7.66. The molecule has 3 rings (SSSR count). The molecule has 0 saturated carbocycles. The lowest BCUT2D eigenvalue weighted by molar-refractivity contribution is 1.15. The van der Waals surface area contributed by atoms with E-state index in [2.05, 4.69) is 34.3 Å². The van der Waals surface area contributed by atoms with E-state index in [1.54, 1.807) is 11.3 Å². The second kappa shape index (κ2) is 5.38. The summed E-state index contributed by atoms with van der Waals surface area (Å²) in [5.74, 6) is 0.811. The first kappa shape index (κ1) is 13.3. The van der Waals surface area contributed by atoms with Gasteiger partial charge in [-0.3, -0.25) is 0 Å². The number of benzene rings is 1. The zero-order chi connectivity index (χ0) is 14.1. The SMILES string of the molecule is CCNc1nc(Cl)nc2sc(C)c(-c3ccccc3)c12. The Morgan fingerprint density at radius 1 is 1.20 bits per heavy atom. The fourth-order valence-corrected chi connectivity index (χ4v) is 3.60. The second-order valence-electron chi connectivity index (χ2n) is 4.45. The van der Waals surface area contributed by atoms with Gasteiger partial charge in [0.15, 0.2) is 0 Å². The Morgan fingerprint density at radius 2 is 1.95 bits per heavy atom.